The van der Waals surface area contributed by atoms with Gasteiger partial charge in [0.05, 0.1) is 5.56 Å². The van der Waals surface area contributed by atoms with Crippen molar-refractivity contribution in [2.75, 3.05) is 0 Å². The van der Waals surface area contributed by atoms with Crippen LogP contribution in [0.2, 0.25) is 0 Å². The highest BCUT2D eigenvalue weighted by atomic mass is 32.1. The zero-order valence-electron chi connectivity index (χ0n) is 10.5. The van der Waals surface area contributed by atoms with Crippen LogP contribution in [0, 0.1) is 0 Å². The van der Waals surface area contributed by atoms with E-state index in [-0.39, 0.29) is 5.56 Å². The van der Waals surface area contributed by atoms with Gasteiger partial charge in [-0.25, -0.2) is 4.79 Å². The first-order valence-corrected chi connectivity index (χ1v) is 6.75. The summed E-state index contributed by atoms with van der Waals surface area (Å²) in [4.78, 5) is 22.4. The summed E-state index contributed by atoms with van der Waals surface area (Å²) in [5.74, 6) is -1.22. The SMILES string of the molecule is CC(=O)Oc1cc(C(=O)O)cc2sc3ccccc3c12. The first-order chi connectivity index (χ1) is 9.56. The van der Waals surface area contributed by atoms with Crippen molar-refractivity contribution >= 4 is 43.4 Å². The Hall–Kier alpha value is -2.40. The molecule has 3 rings (SSSR count). The van der Waals surface area contributed by atoms with Gasteiger partial charge in [0.2, 0.25) is 0 Å². The second-order valence-corrected chi connectivity index (χ2v) is 5.43. The number of carboxylic acids is 1. The zero-order valence-corrected chi connectivity index (χ0v) is 11.4. The van der Waals surface area contributed by atoms with Crippen molar-refractivity contribution in [3.05, 3.63) is 42.0 Å². The Morgan fingerprint density at radius 1 is 1.15 bits per heavy atom. The molecule has 0 aliphatic heterocycles. The van der Waals surface area contributed by atoms with E-state index in [2.05, 4.69) is 0 Å². The third-order valence-electron chi connectivity index (χ3n) is 2.94. The number of carboxylic acid groups (broad SMARTS) is 1. The van der Waals surface area contributed by atoms with Crippen LogP contribution in [0.4, 0.5) is 0 Å². The van der Waals surface area contributed by atoms with Crippen LogP contribution in [0.15, 0.2) is 36.4 Å². The minimum absolute atomic E-state index is 0.111. The maximum atomic E-state index is 11.2. The summed E-state index contributed by atoms with van der Waals surface area (Å²) in [5, 5.41) is 10.9. The number of carbonyl (C=O) groups excluding carboxylic acids is 1. The number of hydrogen-bond acceptors (Lipinski definition) is 4. The highest BCUT2D eigenvalue weighted by Crippen LogP contribution is 2.40. The lowest BCUT2D eigenvalue weighted by Crippen LogP contribution is -2.03. The fourth-order valence-electron chi connectivity index (χ4n) is 2.18. The fourth-order valence-corrected chi connectivity index (χ4v) is 3.34. The van der Waals surface area contributed by atoms with E-state index < -0.39 is 11.9 Å². The minimum Gasteiger partial charge on any atom is -0.478 e. The number of rotatable bonds is 2. The summed E-state index contributed by atoms with van der Waals surface area (Å²) >= 11 is 1.48. The van der Waals surface area contributed by atoms with Crippen molar-refractivity contribution in [2.24, 2.45) is 0 Å². The fraction of sp³-hybridized carbons (Fsp3) is 0.0667. The summed E-state index contributed by atoms with van der Waals surface area (Å²) in [6.45, 7) is 1.30. The van der Waals surface area contributed by atoms with Gasteiger partial charge in [-0.15, -0.1) is 11.3 Å². The molecule has 0 aliphatic carbocycles. The topological polar surface area (TPSA) is 63.6 Å². The number of carbonyl (C=O) groups is 2. The Morgan fingerprint density at radius 3 is 2.60 bits per heavy atom. The van der Waals surface area contributed by atoms with Crippen molar-refractivity contribution in [1.29, 1.82) is 0 Å². The number of ether oxygens (including phenoxy) is 1. The van der Waals surface area contributed by atoms with Gasteiger partial charge in [0.25, 0.3) is 0 Å². The Kier molecular flexibility index (Phi) is 2.91. The maximum absolute atomic E-state index is 11.2. The average molecular weight is 286 g/mol. The van der Waals surface area contributed by atoms with E-state index in [0.29, 0.717) is 5.75 Å². The molecule has 0 saturated heterocycles. The lowest BCUT2D eigenvalue weighted by atomic mass is 10.1. The van der Waals surface area contributed by atoms with Crippen molar-refractivity contribution in [3.8, 4) is 5.75 Å². The molecule has 0 atom stereocenters. The smallest absolute Gasteiger partial charge is 0.335 e. The van der Waals surface area contributed by atoms with E-state index in [1.165, 1.54) is 24.3 Å². The number of hydrogen-bond donors (Lipinski definition) is 1. The number of benzene rings is 2. The van der Waals surface area contributed by atoms with Crippen LogP contribution < -0.4 is 4.74 Å². The molecule has 5 heteroatoms. The van der Waals surface area contributed by atoms with E-state index in [9.17, 15) is 9.59 Å². The predicted octanol–water partition coefficient (Wildman–Crippen LogP) is 3.68. The highest BCUT2D eigenvalue weighted by Gasteiger charge is 2.16. The first kappa shape index (κ1) is 12.6. The van der Waals surface area contributed by atoms with E-state index in [1.54, 1.807) is 6.07 Å². The van der Waals surface area contributed by atoms with Gasteiger partial charge < -0.3 is 9.84 Å². The van der Waals surface area contributed by atoms with Gasteiger partial charge in [-0.3, -0.25) is 4.79 Å². The molecule has 1 heterocycles. The van der Waals surface area contributed by atoms with Gasteiger partial charge >= 0.3 is 11.9 Å². The maximum Gasteiger partial charge on any atom is 0.335 e. The average Bonchev–Trinajstić information content (AvgIpc) is 2.76. The van der Waals surface area contributed by atoms with Crippen LogP contribution >= 0.6 is 11.3 Å². The first-order valence-electron chi connectivity index (χ1n) is 5.93. The molecule has 0 radical (unpaired) electrons. The molecular weight excluding hydrogens is 276 g/mol. The van der Waals surface area contributed by atoms with Crippen molar-refractivity contribution in [2.45, 2.75) is 6.92 Å². The van der Waals surface area contributed by atoms with E-state index >= 15 is 0 Å². The van der Waals surface area contributed by atoms with Crippen LogP contribution in [-0.4, -0.2) is 17.0 Å². The van der Waals surface area contributed by atoms with Crippen LogP contribution in [0.5, 0.6) is 5.75 Å². The number of esters is 1. The molecule has 100 valence electrons. The molecule has 0 unspecified atom stereocenters. The molecule has 1 aromatic heterocycles. The molecule has 3 aromatic rings. The third-order valence-corrected chi connectivity index (χ3v) is 4.06. The second-order valence-electron chi connectivity index (χ2n) is 4.34. The number of fused-ring (bicyclic) bond motifs is 3. The highest BCUT2D eigenvalue weighted by molar-refractivity contribution is 7.25. The molecule has 0 fully saturated rings. The van der Waals surface area contributed by atoms with Gasteiger partial charge in [0.15, 0.2) is 0 Å². The van der Waals surface area contributed by atoms with E-state index in [0.717, 1.165) is 20.2 Å². The van der Waals surface area contributed by atoms with E-state index in [4.69, 9.17) is 9.84 Å². The second kappa shape index (κ2) is 4.61. The summed E-state index contributed by atoms with van der Waals surface area (Å²) in [7, 11) is 0. The summed E-state index contributed by atoms with van der Waals surface area (Å²) in [6, 6.07) is 10.7. The summed E-state index contributed by atoms with van der Waals surface area (Å²) in [6.07, 6.45) is 0. The molecule has 4 nitrogen and oxygen atoms in total. The number of aromatic carboxylic acids is 1. The lowest BCUT2D eigenvalue weighted by Gasteiger charge is -2.05. The summed E-state index contributed by atoms with van der Waals surface area (Å²) < 4.78 is 7.01. The molecule has 0 saturated carbocycles. The largest absolute Gasteiger partial charge is 0.478 e. The van der Waals surface area contributed by atoms with Gasteiger partial charge in [-0.05, 0) is 18.2 Å². The Balaban J connectivity index is 2.41. The molecule has 0 amide bonds. The number of thiophene rings is 1. The van der Waals surface area contributed by atoms with Crippen LogP contribution in [-0.2, 0) is 4.79 Å². The Morgan fingerprint density at radius 2 is 1.90 bits per heavy atom. The minimum atomic E-state index is -1.04. The predicted molar refractivity (Wildman–Crippen MR) is 77.6 cm³/mol. The molecule has 2 aromatic carbocycles. The van der Waals surface area contributed by atoms with Crippen LogP contribution in [0.25, 0.3) is 20.2 Å². The van der Waals surface area contributed by atoms with E-state index in [1.807, 2.05) is 24.3 Å². The zero-order chi connectivity index (χ0) is 14.3. The van der Waals surface area contributed by atoms with Crippen LogP contribution in [0.3, 0.4) is 0 Å². The Labute approximate surface area is 118 Å². The lowest BCUT2D eigenvalue weighted by molar-refractivity contribution is -0.131. The van der Waals surface area contributed by atoms with Gasteiger partial charge in [-0.1, -0.05) is 18.2 Å². The third kappa shape index (κ3) is 2.02. The molecule has 20 heavy (non-hydrogen) atoms. The van der Waals surface area contributed by atoms with Crippen LogP contribution in [0.1, 0.15) is 17.3 Å². The van der Waals surface area contributed by atoms with Gasteiger partial charge in [0, 0.05) is 27.1 Å². The molecule has 0 aliphatic rings. The van der Waals surface area contributed by atoms with Gasteiger partial charge in [-0.2, -0.15) is 0 Å². The monoisotopic (exact) mass is 286 g/mol. The molecular formula is C15H10O4S. The molecule has 0 spiro atoms. The van der Waals surface area contributed by atoms with Crippen molar-refractivity contribution in [1.82, 2.24) is 0 Å². The normalized spacial score (nSPS) is 10.8. The van der Waals surface area contributed by atoms with Crippen molar-refractivity contribution in [3.63, 3.8) is 0 Å². The molecule has 1 N–H and O–H groups in total. The molecule has 0 bridgehead atoms. The summed E-state index contributed by atoms with van der Waals surface area (Å²) in [5.41, 5.74) is 0.111. The Bertz CT molecular complexity index is 848. The van der Waals surface area contributed by atoms with Crippen molar-refractivity contribution < 1.29 is 19.4 Å². The van der Waals surface area contributed by atoms with Gasteiger partial charge in [0.1, 0.15) is 5.75 Å². The quantitative estimate of drug-likeness (QED) is 0.576. The standard InChI is InChI=1S/C15H10O4S/c1-8(16)19-11-6-9(15(17)18)7-13-14(11)10-4-2-3-5-12(10)20-13/h2-7H,1H3,(H,17,18).